The molecule has 4 nitrogen and oxygen atoms in total. The zero-order valence-electron chi connectivity index (χ0n) is 10.2. The van der Waals surface area contributed by atoms with Crippen molar-refractivity contribution in [2.24, 2.45) is 0 Å². The van der Waals surface area contributed by atoms with Crippen LogP contribution in [0.3, 0.4) is 0 Å². The molecule has 0 radical (unpaired) electrons. The summed E-state index contributed by atoms with van der Waals surface area (Å²) in [5, 5.41) is 0. The summed E-state index contributed by atoms with van der Waals surface area (Å²) in [4.78, 5) is 1.01. The molecule has 2 atom stereocenters. The number of rotatable bonds is 2. The van der Waals surface area contributed by atoms with E-state index in [0.717, 1.165) is 4.88 Å². The zero-order chi connectivity index (χ0) is 12.6. The average molecular weight is 275 g/mol. The number of ether oxygens (including phenoxy) is 1. The second kappa shape index (κ2) is 4.68. The molecule has 0 spiro atoms. The third-order valence-corrected chi connectivity index (χ3v) is 6.43. The van der Waals surface area contributed by atoms with E-state index >= 15 is 0 Å². The summed E-state index contributed by atoms with van der Waals surface area (Å²) >= 11 is 1.32. The van der Waals surface area contributed by atoms with Crippen molar-refractivity contribution in [1.82, 2.24) is 4.31 Å². The Balaban J connectivity index is 2.37. The van der Waals surface area contributed by atoms with E-state index in [1.165, 1.54) is 11.3 Å². The average Bonchev–Trinajstić information content (AvgIpc) is 2.64. The van der Waals surface area contributed by atoms with Gasteiger partial charge in [-0.15, -0.1) is 11.3 Å². The lowest BCUT2D eigenvalue weighted by Gasteiger charge is -2.37. The fourth-order valence-electron chi connectivity index (χ4n) is 2.12. The molecule has 1 aromatic heterocycles. The minimum atomic E-state index is -3.37. The van der Waals surface area contributed by atoms with Crippen molar-refractivity contribution in [3.8, 4) is 0 Å². The molecule has 1 aliphatic rings. The predicted molar refractivity (Wildman–Crippen MR) is 67.8 cm³/mol. The maximum atomic E-state index is 12.5. The monoisotopic (exact) mass is 275 g/mol. The summed E-state index contributed by atoms with van der Waals surface area (Å²) in [7, 11) is -3.37. The smallest absolute Gasteiger partial charge is 0.253 e. The molecule has 0 aromatic carbocycles. The van der Waals surface area contributed by atoms with Crippen molar-refractivity contribution in [3.63, 3.8) is 0 Å². The van der Waals surface area contributed by atoms with E-state index in [1.807, 2.05) is 26.8 Å². The standard InChI is InChI=1S/C11H17NO3S2/c1-8-6-15-7-9(2)12(8)17(13,14)11-5-4-10(3)16-11/h4-5,8-9H,6-7H2,1-3H3. The summed E-state index contributed by atoms with van der Waals surface area (Å²) in [6.45, 7) is 6.61. The molecule has 0 bridgehead atoms. The second-order valence-electron chi connectivity index (χ2n) is 4.44. The number of hydrogen-bond acceptors (Lipinski definition) is 4. The Morgan fingerprint density at radius 1 is 1.29 bits per heavy atom. The van der Waals surface area contributed by atoms with E-state index in [1.54, 1.807) is 10.4 Å². The number of nitrogens with zero attached hydrogens (tertiary/aromatic N) is 1. The summed E-state index contributed by atoms with van der Waals surface area (Å²) in [6, 6.07) is 3.31. The van der Waals surface area contributed by atoms with Gasteiger partial charge in [-0.1, -0.05) is 0 Å². The number of aryl methyl sites for hydroxylation is 1. The third-order valence-electron chi connectivity index (χ3n) is 2.83. The van der Waals surface area contributed by atoms with Crippen molar-refractivity contribution < 1.29 is 13.2 Å². The summed E-state index contributed by atoms with van der Waals surface area (Å²) in [6.07, 6.45) is 0. The molecular formula is C11H17NO3S2. The largest absolute Gasteiger partial charge is 0.378 e. The molecule has 17 heavy (non-hydrogen) atoms. The van der Waals surface area contributed by atoms with Gasteiger partial charge in [0.25, 0.3) is 10.0 Å². The number of thiophene rings is 1. The van der Waals surface area contributed by atoms with Crippen LogP contribution in [0.1, 0.15) is 18.7 Å². The first kappa shape index (κ1) is 13.0. The van der Waals surface area contributed by atoms with E-state index < -0.39 is 10.0 Å². The van der Waals surface area contributed by atoms with Crippen LogP contribution in [0.15, 0.2) is 16.3 Å². The van der Waals surface area contributed by atoms with Gasteiger partial charge in [0.1, 0.15) is 4.21 Å². The predicted octanol–water partition coefficient (Wildman–Crippen LogP) is 1.85. The van der Waals surface area contributed by atoms with Crippen LogP contribution in [-0.4, -0.2) is 38.0 Å². The molecular weight excluding hydrogens is 258 g/mol. The van der Waals surface area contributed by atoms with Gasteiger partial charge in [-0.2, -0.15) is 4.31 Å². The van der Waals surface area contributed by atoms with Crippen molar-refractivity contribution in [3.05, 3.63) is 17.0 Å². The first-order valence-electron chi connectivity index (χ1n) is 5.60. The van der Waals surface area contributed by atoms with E-state index in [2.05, 4.69) is 0 Å². The molecule has 2 rings (SSSR count). The van der Waals surface area contributed by atoms with Gasteiger partial charge >= 0.3 is 0 Å². The Bertz CT molecular complexity index is 485. The lowest BCUT2D eigenvalue weighted by Crippen LogP contribution is -2.52. The van der Waals surface area contributed by atoms with Gasteiger partial charge in [-0.3, -0.25) is 0 Å². The topological polar surface area (TPSA) is 46.6 Å². The van der Waals surface area contributed by atoms with Crippen LogP contribution in [0.4, 0.5) is 0 Å². The van der Waals surface area contributed by atoms with Gasteiger partial charge in [-0.25, -0.2) is 8.42 Å². The molecule has 0 saturated carbocycles. The molecule has 0 amide bonds. The molecule has 96 valence electrons. The van der Waals surface area contributed by atoms with Crippen LogP contribution >= 0.6 is 11.3 Å². The molecule has 6 heteroatoms. The Morgan fingerprint density at radius 2 is 1.88 bits per heavy atom. The minimum Gasteiger partial charge on any atom is -0.378 e. The SMILES string of the molecule is Cc1ccc(S(=O)(=O)N2C(C)COCC2C)s1. The third kappa shape index (κ3) is 2.40. The van der Waals surface area contributed by atoms with Crippen LogP contribution in [0.25, 0.3) is 0 Å². The van der Waals surface area contributed by atoms with Crippen molar-refractivity contribution in [2.45, 2.75) is 37.1 Å². The van der Waals surface area contributed by atoms with Crippen LogP contribution in [0, 0.1) is 6.92 Å². The zero-order valence-corrected chi connectivity index (χ0v) is 11.8. The lowest BCUT2D eigenvalue weighted by atomic mass is 10.2. The second-order valence-corrected chi connectivity index (χ2v) is 7.79. The molecule has 0 N–H and O–H groups in total. The molecule has 2 heterocycles. The van der Waals surface area contributed by atoms with E-state index in [0.29, 0.717) is 17.4 Å². The maximum Gasteiger partial charge on any atom is 0.253 e. The fourth-order valence-corrected chi connectivity index (χ4v) is 5.30. The highest BCUT2D eigenvalue weighted by molar-refractivity contribution is 7.91. The number of sulfonamides is 1. The molecule has 0 aliphatic carbocycles. The van der Waals surface area contributed by atoms with E-state index in [-0.39, 0.29) is 12.1 Å². The minimum absolute atomic E-state index is 0.105. The fraction of sp³-hybridized carbons (Fsp3) is 0.636. The van der Waals surface area contributed by atoms with Gasteiger partial charge < -0.3 is 4.74 Å². The lowest BCUT2D eigenvalue weighted by molar-refractivity contribution is 0.00645. The van der Waals surface area contributed by atoms with Gasteiger partial charge in [0.2, 0.25) is 0 Å². The van der Waals surface area contributed by atoms with Gasteiger partial charge in [0.15, 0.2) is 0 Å². The molecule has 1 fully saturated rings. The summed E-state index contributed by atoms with van der Waals surface area (Å²) in [5.74, 6) is 0. The van der Waals surface area contributed by atoms with Crippen LogP contribution in [0.2, 0.25) is 0 Å². The van der Waals surface area contributed by atoms with Crippen LogP contribution in [0.5, 0.6) is 0 Å². The van der Waals surface area contributed by atoms with Crippen LogP contribution in [-0.2, 0) is 14.8 Å². The molecule has 1 aliphatic heterocycles. The van der Waals surface area contributed by atoms with Gasteiger partial charge in [0.05, 0.1) is 13.2 Å². The van der Waals surface area contributed by atoms with Gasteiger partial charge in [0, 0.05) is 17.0 Å². The Kier molecular flexibility index (Phi) is 3.58. The highest BCUT2D eigenvalue weighted by Gasteiger charge is 2.36. The maximum absolute atomic E-state index is 12.5. The molecule has 1 aromatic rings. The summed E-state index contributed by atoms with van der Waals surface area (Å²) < 4.78 is 32.4. The Labute approximate surface area is 106 Å². The molecule has 1 saturated heterocycles. The Hall–Kier alpha value is -0.430. The first-order valence-corrected chi connectivity index (χ1v) is 7.86. The summed E-state index contributed by atoms with van der Waals surface area (Å²) in [5.41, 5.74) is 0. The van der Waals surface area contributed by atoms with Gasteiger partial charge in [-0.05, 0) is 32.9 Å². The highest BCUT2D eigenvalue weighted by atomic mass is 32.2. The van der Waals surface area contributed by atoms with Crippen molar-refractivity contribution in [1.29, 1.82) is 0 Å². The molecule has 2 unspecified atom stereocenters. The van der Waals surface area contributed by atoms with Crippen molar-refractivity contribution in [2.75, 3.05) is 13.2 Å². The van der Waals surface area contributed by atoms with E-state index in [9.17, 15) is 8.42 Å². The van der Waals surface area contributed by atoms with E-state index in [4.69, 9.17) is 4.74 Å². The highest BCUT2D eigenvalue weighted by Crippen LogP contribution is 2.28. The van der Waals surface area contributed by atoms with Crippen molar-refractivity contribution >= 4 is 21.4 Å². The number of morpholine rings is 1. The quantitative estimate of drug-likeness (QED) is 0.827. The number of hydrogen-bond donors (Lipinski definition) is 0. The van der Waals surface area contributed by atoms with Crippen LogP contribution < -0.4 is 0 Å². The normalized spacial score (nSPS) is 27.2. The first-order chi connectivity index (χ1) is 7.93. The Morgan fingerprint density at radius 3 is 2.35 bits per heavy atom.